The molecule has 0 unspecified atom stereocenters. The first-order valence-electron chi connectivity index (χ1n) is 4.96. The van der Waals surface area contributed by atoms with Crippen molar-refractivity contribution in [3.8, 4) is 0 Å². The Morgan fingerprint density at radius 2 is 2.00 bits per heavy atom. The van der Waals surface area contributed by atoms with Gasteiger partial charge in [0.2, 0.25) is 0 Å². The summed E-state index contributed by atoms with van der Waals surface area (Å²) in [4.78, 5) is 17.0. The monoisotopic (exact) mass is 310 g/mol. The van der Waals surface area contributed by atoms with Gasteiger partial charge in [0.05, 0.1) is 11.3 Å². The van der Waals surface area contributed by atoms with Crippen LogP contribution < -0.4 is 0 Å². The molecule has 0 aliphatic heterocycles. The number of pyridine rings is 1. The molecule has 0 bridgehead atoms. The summed E-state index contributed by atoms with van der Waals surface area (Å²) in [7, 11) is -1.62. The molecule has 0 aromatic carbocycles. The van der Waals surface area contributed by atoms with E-state index in [1.807, 2.05) is 0 Å². The smallest absolute Gasteiger partial charge is 0.256 e. The predicted octanol–water partition coefficient (Wildman–Crippen LogP) is 1.50. The molecular weight excluding hydrogens is 299 g/mol. The van der Waals surface area contributed by atoms with Gasteiger partial charge in [-0.2, -0.15) is 0 Å². The molecular formula is C10H12Cl2N2O3S. The van der Waals surface area contributed by atoms with Crippen molar-refractivity contribution in [2.24, 2.45) is 0 Å². The van der Waals surface area contributed by atoms with Gasteiger partial charge in [-0.15, -0.1) is 0 Å². The fourth-order valence-corrected chi connectivity index (χ4v) is 2.21. The summed E-state index contributed by atoms with van der Waals surface area (Å²) in [6.07, 6.45) is 1.11. The molecule has 0 N–H and O–H groups in total. The average molecular weight is 311 g/mol. The van der Waals surface area contributed by atoms with Crippen LogP contribution in [0.1, 0.15) is 10.4 Å². The number of amides is 1. The molecule has 1 heterocycles. The molecule has 1 rings (SSSR count). The van der Waals surface area contributed by atoms with Gasteiger partial charge in [0.1, 0.15) is 20.1 Å². The van der Waals surface area contributed by atoms with Crippen LogP contribution in [0, 0.1) is 0 Å². The van der Waals surface area contributed by atoms with Gasteiger partial charge < -0.3 is 4.90 Å². The summed E-state index contributed by atoms with van der Waals surface area (Å²) in [5.41, 5.74) is 0.192. The molecule has 1 aromatic heterocycles. The van der Waals surface area contributed by atoms with Crippen LogP contribution in [0.2, 0.25) is 10.3 Å². The van der Waals surface area contributed by atoms with Gasteiger partial charge in [-0.1, -0.05) is 23.2 Å². The average Bonchev–Trinajstić information content (AvgIpc) is 2.24. The summed E-state index contributed by atoms with van der Waals surface area (Å²) in [5, 5.41) is 0.189. The Labute approximate surface area is 116 Å². The number of carbonyl (C=O) groups excluding carboxylic acids is 1. The van der Waals surface area contributed by atoms with Crippen molar-refractivity contribution in [3.05, 3.63) is 28.0 Å². The molecule has 0 fully saturated rings. The lowest BCUT2D eigenvalue weighted by Gasteiger charge is -2.17. The number of nitrogens with zero attached hydrogens (tertiary/aromatic N) is 2. The fraction of sp³-hybridized carbons (Fsp3) is 0.400. The molecule has 0 saturated heterocycles. The fourth-order valence-electron chi connectivity index (χ4n) is 1.18. The lowest BCUT2D eigenvalue weighted by molar-refractivity contribution is 0.0803. The maximum atomic E-state index is 12.0. The zero-order valence-corrected chi connectivity index (χ0v) is 12.2. The summed E-state index contributed by atoms with van der Waals surface area (Å²) < 4.78 is 22.0. The van der Waals surface area contributed by atoms with Gasteiger partial charge in [-0.3, -0.25) is 4.79 Å². The summed E-state index contributed by atoms with van der Waals surface area (Å²) >= 11 is 11.4. The molecule has 8 heteroatoms. The van der Waals surface area contributed by atoms with E-state index in [2.05, 4.69) is 4.98 Å². The van der Waals surface area contributed by atoms with Crippen molar-refractivity contribution in [1.82, 2.24) is 9.88 Å². The molecule has 18 heavy (non-hydrogen) atoms. The highest BCUT2D eigenvalue weighted by Gasteiger charge is 2.17. The molecule has 0 atom stereocenters. The van der Waals surface area contributed by atoms with Crippen LogP contribution in [0.25, 0.3) is 0 Å². The van der Waals surface area contributed by atoms with Crippen molar-refractivity contribution >= 4 is 38.9 Å². The van der Waals surface area contributed by atoms with Crippen LogP contribution in [0.4, 0.5) is 0 Å². The third-order valence-corrected chi connectivity index (χ3v) is 3.61. The van der Waals surface area contributed by atoms with E-state index < -0.39 is 15.7 Å². The van der Waals surface area contributed by atoms with Gasteiger partial charge in [0, 0.05) is 19.8 Å². The molecule has 5 nitrogen and oxygen atoms in total. The van der Waals surface area contributed by atoms with E-state index >= 15 is 0 Å². The number of rotatable bonds is 4. The maximum absolute atomic E-state index is 12.0. The Hall–Kier alpha value is -0.850. The molecule has 0 saturated carbocycles. The summed E-state index contributed by atoms with van der Waals surface area (Å²) in [6.45, 7) is 0.0939. The molecule has 0 radical (unpaired) electrons. The second kappa shape index (κ2) is 5.86. The van der Waals surface area contributed by atoms with Gasteiger partial charge >= 0.3 is 0 Å². The number of hydrogen-bond acceptors (Lipinski definition) is 4. The van der Waals surface area contributed by atoms with Crippen molar-refractivity contribution < 1.29 is 13.2 Å². The van der Waals surface area contributed by atoms with E-state index in [0.717, 1.165) is 6.26 Å². The largest absolute Gasteiger partial charge is 0.341 e. The molecule has 100 valence electrons. The molecule has 1 amide bonds. The van der Waals surface area contributed by atoms with E-state index in [-0.39, 0.29) is 28.2 Å². The van der Waals surface area contributed by atoms with Crippen molar-refractivity contribution in [3.63, 3.8) is 0 Å². The highest BCUT2D eigenvalue weighted by atomic mass is 35.5. The first kappa shape index (κ1) is 15.2. The zero-order valence-electron chi connectivity index (χ0n) is 9.85. The minimum Gasteiger partial charge on any atom is -0.341 e. The lowest BCUT2D eigenvalue weighted by atomic mass is 10.2. The maximum Gasteiger partial charge on any atom is 0.256 e. The minimum absolute atomic E-state index is 0.00120. The first-order chi connectivity index (χ1) is 8.20. The van der Waals surface area contributed by atoms with E-state index in [1.54, 1.807) is 0 Å². The summed E-state index contributed by atoms with van der Waals surface area (Å²) in [5.74, 6) is -0.499. The molecule has 1 aromatic rings. The number of hydrogen-bond donors (Lipinski definition) is 0. The minimum atomic E-state index is -3.12. The molecule has 0 spiro atoms. The molecule has 0 aliphatic carbocycles. The SMILES string of the molecule is CN(CCS(C)(=O)=O)C(=O)c1ccc(Cl)nc1Cl. The number of carbonyl (C=O) groups is 1. The molecule has 0 aliphatic rings. The zero-order chi connectivity index (χ0) is 13.9. The van der Waals surface area contributed by atoms with Crippen molar-refractivity contribution in [1.29, 1.82) is 0 Å². The second-order valence-electron chi connectivity index (χ2n) is 3.83. The van der Waals surface area contributed by atoms with Crippen molar-refractivity contribution in [2.75, 3.05) is 25.6 Å². The van der Waals surface area contributed by atoms with E-state index in [9.17, 15) is 13.2 Å². The normalized spacial score (nSPS) is 11.3. The quantitative estimate of drug-likeness (QED) is 0.790. The van der Waals surface area contributed by atoms with Gasteiger partial charge in [0.15, 0.2) is 0 Å². The first-order valence-corrected chi connectivity index (χ1v) is 7.77. The van der Waals surface area contributed by atoms with E-state index in [4.69, 9.17) is 23.2 Å². The standard InChI is InChI=1S/C10H12Cl2N2O3S/c1-14(5-6-18(2,16)17)10(15)7-3-4-8(11)13-9(7)12/h3-4H,5-6H2,1-2H3. The second-order valence-corrected chi connectivity index (χ2v) is 6.83. The Morgan fingerprint density at radius 1 is 1.39 bits per heavy atom. The van der Waals surface area contributed by atoms with Gasteiger partial charge in [0.25, 0.3) is 5.91 Å². The van der Waals surface area contributed by atoms with E-state index in [1.165, 1.54) is 24.1 Å². The van der Waals surface area contributed by atoms with Crippen LogP contribution in [-0.2, 0) is 9.84 Å². The summed E-state index contributed by atoms with van der Waals surface area (Å²) in [6, 6.07) is 2.90. The predicted molar refractivity (Wildman–Crippen MR) is 70.9 cm³/mol. The van der Waals surface area contributed by atoms with E-state index in [0.29, 0.717) is 0 Å². The number of aromatic nitrogens is 1. The Balaban J connectivity index is 2.80. The van der Waals surface area contributed by atoms with Crippen LogP contribution in [0.5, 0.6) is 0 Å². The number of sulfone groups is 1. The third kappa shape index (κ3) is 4.44. The van der Waals surface area contributed by atoms with Gasteiger partial charge in [-0.05, 0) is 12.1 Å². The third-order valence-electron chi connectivity index (χ3n) is 2.19. The highest BCUT2D eigenvalue weighted by Crippen LogP contribution is 2.17. The Kier molecular flexibility index (Phi) is 4.95. The van der Waals surface area contributed by atoms with Crippen molar-refractivity contribution in [2.45, 2.75) is 0 Å². The van der Waals surface area contributed by atoms with Crippen LogP contribution >= 0.6 is 23.2 Å². The van der Waals surface area contributed by atoms with Crippen LogP contribution in [0.3, 0.4) is 0 Å². The Morgan fingerprint density at radius 3 is 2.50 bits per heavy atom. The topological polar surface area (TPSA) is 67.3 Å². The van der Waals surface area contributed by atoms with Crippen LogP contribution in [0.15, 0.2) is 12.1 Å². The van der Waals surface area contributed by atoms with Crippen LogP contribution in [-0.4, -0.2) is 49.8 Å². The lowest BCUT2D eigenvalue weighted by Crippen LogP contribution is -2.31. The Bertz CT molecular complexity index is 560. The highest BCUT2D eigenvalue weighted by molar-refractivity contribution is 7.90. The van der Waals surface area contributed by atoms with Gasteiger partial charge in [-0.25, -0.2) is 13.4 Å². The number of halogens is 2.